The second-order valence-corrected chi connectivity index (χ2v) is 16.4. The molecule has 354 valence electrons. The molecule has 3 aromatic carbocycles. The van der Waals surface area contributed by atoms with Crippen LogP contribution >= 0.6 is 0 Å². The summed E-state index contributed by atoms with van der Waals surface area (Å²) in [6, 6.07) is 15.2. The number of aliphatic carboxylic acids is 1. The van der Waals surface area contributed by atoms with Crippen molar-refractivity contribution in [2.24, 2.45) is 0 Å². The largest absolute Gasteiger partial charge is 0.479 e. The zero-order valence-corrected chi connectivity index (χ0v) is 37.7. The number of nitrogens with one attached hydrogen (secondary N) is 4. The number of amides is 3. The second-order valence-electron chi connectivity index (χ2n) is 16.4. The van der Waals surface area contributed by atoms with E-state index in [2.05, 4.69) is 26.3 Å². The Hall–Kier alpha value is -6.53. The van der Waals surface area contributed by atoms with Crippen molar-refractivity contribution in [3.63, 3.8) is 0 Å². The molecule has 1 aliphatic carbocycles. The van der Waals surface area contributed by atoms with E-state index in [9.17, 15) is 33.9 Å². The number of hydroxylamine groups is 2. The zero-order valence-electron chi connectivity index (χ0n) is 37.7. The van der Waals surface area contributed by atoms with E-state index in [1.54, 1.807) is 84.0 Å². The molecule has 2 aliphatic rings. The van der Waals surface area contributed by atoms with Crippen LogP contribution in [0.5, 0.6) is 5.75 Å². The third-order valence-corrected chi connectivity index (χ3v) is 11.7. The second kappa shape index (κ2) is 24.7. The highest BCUT2D eigenvalue weighted by molar-refractivity contribution is 5.96. The molecule has 0 spiro atoms. The third-order valence-electron chi connectivity index (χ3n) is 11.7. The van der Waals surface area contributed by atoms with Gasteiger partial charge in [0.15, 0.2) is 6.10 Å². The fourth-order valence-corrected chi connectivity index (χ4v) is 8.07. The molecule has 1 saturated heterocycles. The monoisotopic (exact) mass is 911 g/mol. The summed E-state index contributed by atoms with van der Waals surface area (Å²) >= 11 is 0. The predicted molar refractivity (Wildman–Crippen MR) is 249 cm³/mol. The summed E-state index contributed by atoms with van der Waals surface area (Å²) in [6.07, 6.45) is 10.8. The number of unbranched alkanes of at least 4 members (excludes halogenated alkanes) is 3. The van der Waals surface area contributed by atoms with Gasteiger partial charge in [0.25, 0.3) is 16.8 Å². The van der Waals surface area contributed by atoms with Gasteiger partial charge in [-0.05, 0) is 93.5 Å². The lowest BCUT2D eigenvalue weighted by molar-refractivity contribution is -0.204. The van der Waals surface area contributed by atoms with Gasteiger partial charge in [0.05, 0.1) is 18.3 Å². The molecule has 2 fully saturated rings. The lowest BCUT2D eigenvalue weighted by atomic mass is 9.95. The molecule has 1 aliphatic heterocycles. The highest BCUT2D eigenvalue weighted by atomic mass is 16.7. The van der Waals surface area contributed by atoms with Gasteiger partial charge in [-0.3, -0.25) is 34.3 Å². The number of rotatable bonds is 24. The highest BCUT2D eigenvalue weighted by Crippen LogP contribution is 2.30. The van der Waals surface area contributed by atoms with Crippen molar-refractivity contribution >= 4 is 52.3 Å². The average Bonchev–Trinajstić information content (AvgIpc) is 3.34. The Kier molecular flexibility index (Phi) is 18.3. The summed E-state index contributed by atoms with van der Waals surface area (Å²) in [6.45, 7) is 3.11. The SMILES string of the molecule is CCN(CCON(C(=O)CCCCCCNc1c(Nc2ccncc2)c(=O)c1=O)C1CCCCC1)C(=O)c1cccc(NC(=O)OCc2ccc(OC3CCCC(C(=O)O)O3)c(NC)c2)c1. The van der Waals surface area contributed by atoms with Gasteiger partial charge in [-0.25, -0.2) is 14.7 Å². The maximum atomic E-state index is 13.7. The Bertz CT molecular complexity index is 2310. The van der Waals surface area contributed by atoms with Gasteiger partial charge in [0.1, 0.15) is 23.7 Å². The molecule has 2 atom stereocenters. The van der Waals surface area contributed by atoms with Gasteiger partial charge >= 0.3 is 12.1 Å². The molecule has 18 heteroatoms. The van der Waals surface area contributed by atoms with Crippen LogP contribution in [0.4, 0.5) is 33.2 Å². The molecule has 4 aromatic rings. The molecule has 66 heavy (non-hydrogen) atoms. The van der Waals surface area contributed by atoms with Crippen molar-refractivity contribution < 1.29 is 43.3 Å². The Balaban J connectivity index is 0.924. The van der Waals surface area contributed by atoms with Crippen LogP contribution in [-0.4, -0.2) is 95.7 Å². The molecular weight excluding hydrogens is 851 g/mol. The number of pyridine rings is 1. The molecule has 6 rings (SSSR count). The van der Waals surface area contributed by atoms with Crippen LogP contribution in [0.15, 0.2) is 76.6 Å². The molecule has 1 aromatic heterocycles. The van der Waals surface area contributed by atoms with Crippen LogP contribution in [0.2, 0.25) is 0 Å². The van der Waals surface area contributed by atoms with Crippen LogP contribution in [0.25, 0.3) is 0 Å². The lowest BCUT2D eigenvalue weighted by Gasteiger charge is -2.34. The maximum absolute atomic E-state index is 13.7. The van der Waals surface area contributed by atoms with Crippen molar-refractivity contribution in [3.8, 4) is 5.75 Å². The van der Waals surface area contributed by atoms with Crippen molar-refractivity contribution in [1.29, 1.82) is 0 Å². The molecule has 1 saturated carbocycles. The number of carboxylic acids is 1. The Labute approximate surface area is 384 Å². The highest BCUT2D eigenvalue weighted by Gasteiger charge is 2.30. The summed E-state index contributed by atoms with van der Waals surface area (Å²) in [4.78, 5) is 87.5. The van der Waals surface area contributed by atoms with Crippen LogP contribution in [0, 0.1) is 0 Å². The molecule has 3 amide bonds. The fourth-order valence-electron chi connectivity index (χ4n) is 8.07. The predicted octanol–water partition coefficient (Wildman–Crippen LogP) is 7.19. The standard InChI is InChI=1S/C48H61N7O11/c1-3-54(46(59)33-13-11-14-35(30-33)53-48(62)63-31-32-20-21-38(37(29-32)49-2)65-41-19-12-17-39(66-41)47(60)61)27-28-64-55(36-15-7-6-8-16-36)40(56)18-9-4-5-10-24-51-42-43(45(58)44(42)57)52-34-22-25-50-26-23-34/h11,13-14,20-23,25-26,29-30,36,39,41,49,51H,3-10,12,15-19,24,27-28,31H2,1-2H3,(H,50,52)(H,53,62)(H,60,61). The van der Waals surface area contributed by atoms with E-state index >= 15 is 0 Å². The number of anilines is 5. The van der Waals surface area contributed by atoms with Crippen LogP contribution < -0.4 is 36.9 Å². The third kappa shape index (κ3) is 13.7. The summed E-state index contributed by atoms with van der Waals surface area (Å²) < 4.78 is 17.0. The topological polar surface area (TPSA) is 227 Å². The molecule has 0 radical (unpaired) electrons. The van der Waals surface area contributed by atoms with Gasteiger partial charge in [-0.2, -0.15) is 0 Å². The molecular formula is C48H61N7O11. The number of aromatic nitrogens is 1. The van der Waals surface area contributed by atoms with Gasteiger partial charge in [0.2, 0.25) is 12.2 Å². The minimum absolute atomic E-state index is 0.0231. The molecule has 5 N–H and O–H groups in total. The number of carboxylic acid groups (broad SMARTS) is 1. The van der Waals surface area contributed by atoms with Crippen molar-refractivity contribution in [2.45, 2.75) is 115 Å². The number of hydrogen-bond acceptors (Lipinski definition) is 14. The van der Waals surface area contributed by atoms with Gasteiger partial charge in [0, 0.05) is 68.9 Å². The van der Waals surface area contributed by atoms with Crippen LogP contribution in [-0.2, 0) is 30.5 Å². The van der Waals surface area contributed by atoms with Crippen LogP contribution in [0.1, 0.15) is 106 Å². The Morgan fingerprint density at radius 1 is 0.864 bits per heavy atom. The minimum Gasteiger partial charge on any atom is -0.479 e. The van der Waals surface area contributed by atoms with Crippen molar-refractivity contribution in [2.75, 3.05) is 54.6 Å². The Morgan fingerprint density at radius 3 is 2.39 bits per heavy atom. The van der Waals surface area contributed by atoms with E-state index in [1.165, 1.54) is 0 Å². The summed E-state index contributed by atoms with van der Waals surface area (Å²) in [5.41, 5.74) is 2.17. The van der Waals surface area contributed by atoms with Gasteiger partial charge in [-0.1, -0.05) is 44.2 Å². The van der Waals surface area contributed by atoms with Crippen LogP contribution in [0.3, 0.4) is 0 Å². The molecule has 2 unspecified atom stereocenters. The summed E-state index contributed by atoms with van der Waals surface area (Å²) in [7, 11) is 1.72. The number of carbonyl (C=O) groups excluding carboxylic acids is 3. The molecule has 18 nitrogen and oxygen atoms in total. The molecule has 2 heterocycles. The average molecular weight is 912 g/mol. The number of hydrogen-bond donors (Lipinski definition) is 5. The van der Waals surface area contributed by atoms with Crippen molar-refractivity contribution in [3.05, 3.63) is 98.6 Å². The van der Waals surface area contributed by atoms with E-state index < -0.39 is 35.3 Å². The number of nitrogens with zero attached hydrogens (tertiary/aromatic N) is 3. The first-order valence-corrected chi connectivity index (χ1v) is 22.9. The summed E-state index contributed by atoms with van der Waals surface area (Å²) in [5, 5.41) is 22.7. The zero-order chi connectivity index (χ0) is 46.8. The quantitative estimate of drug-likeness (QED) is 0.0266. The van der Waals surface area contributed by atoms with Gasteiger partial charge in [-0.15, -0.1) is 0 Å². The normalized spacial score (nSPS) is 16.2. The number of likely N-dealkylation sites (N-methyl/N-ethyl adjacent to an activating group) is 1. The first-order valence-electron chi connectivity index (χ1n) is 22.9. The van der Waals surface area contributed by atoms with E-state index in [0.29, 0.717) is 84.8 Å². The van der Waals surface area contributed by atoms with Gasteiger partial charge < -0.3 is 40.2 Å². The smallest absolute Gasteiger partial charge is 0.411 e. The summed E-state index contributed by atoms with van der Waals surface area (Å²) in [5.74, 6) is -0.875. The first-order chi connectivity index (χ1) is 32.0. The number of ether oxygens (including phenoxy) is 3. The van der Waals surface area contributed by atoms with E-state index in [1.807, 2.05) is 6.92 Å². The van der Waals surface area contributed by atoms with Crippen molar-refractivity contribution in [1.82, 2.24) is 14.9 Å². The molecule has 0 bridgehead atoms. The van der Waals surface area contributed by atoms with E-state index in [0.717, 1.165) is 51.4 Å². The number of carbonyl (C=O) groups is 4. The minimum atomic E-state index is -1.02. The Morgan fingerprint density at radius 2 is 1.64 bits per heavy atom. The fraction of sp³-hybridized carbons (Fsp3) is 0.479. The first kappa shape index (κ1) is 48.9. The van der Waals surface area contributed by atoms with E-state index in [-0.39, 0.29) is 43.3 Å². The number of benzene rings is 2. The lowest BCUT2D eigenvalue weighted by Crippen LogP contribution is -2.43. The maximum Gasteiger partial charge on any atom is 0.411 e. The van der Waals surface area contributed by atoms with E-state index in [4.69, 9.17) is 19.0 Å².